The van der Waals surface area contributed by atoms with Crippen LogP contribution in [0.4, 0.5) is 0 Å². The molecule has 1 heterocycles. The molecule has 0 amide bonds. The minimum Gasteiger partial charge on any atom is -0.375 e. The Labute approximate surface area is 124 Å². The largest absolute Gasteiger partial charge is 0.375 e. The predicted molar refractivity (Wildman–Crippen MR) is 82.7 cm³/mol. The van der Waals surface area contributed by atoms with Crippen LogP contribution in [0.5, 0.6) is 0 Å². The van der Waals surface area contributed by atoms with Gasteiger partial charge in [0.1, 0.15) is 0 Å². The van der Waals surface area contributed by atoms with Gasteiger partial charge < -0.3 is 10.5 Å². The van der Waals surface area contributed by atoms with Gasteiger partial charge in [-0.05, 0) is 38.0 Å². The molecule has 0 radical (unpaired) electrons. The fraction of sp³-hybridized carbons (Fsp3) is 1.00. The van der Waals surface area contributed by atoms with E-state index in [9.17, 15) is 0 Å². The number of fused-ring (bicyclic) bond motifs is 1. The Kier molecular flexibility index (Phi) is 5.00. The first-order valence-corrected chi connectivity index (χ1v) is 8.92. The van der Waals surface area contributed by atoms with Crippen molar-refractivity contribution in [3.63, 3.8) is 0 Å². The average Bonchev–Trinajstić information content (AvgIpc) is 2.49. The highest BCUT2D eigenvalue weighted by Crippen LogP contribution is 2.36. The van der Waals surface area contributed by atoms with Gasteiger partial charge in [0, 0.05) is 24.7 Å². The van der Waals surface area contributed by atoms with Crippen molar-refractivity contribution in [2.75, 3.05) is 13.2 Å². The lowest BCUT2D eigenvalue weighted by molar-refractivity contribution is -0.111. The van der Waals surface area contributed by atoms with Crippen LogP contribution in [0.25, 0.3) is 0 Å². The summed E-state index contributed by atoms with van der Waals surface area (Å²) in [6, 6.07) is 1.67. The maximum absolute atomic E-state index is 6.51. The first kappa shape index (κ1) is 14.8. The predicted octanol–water partition coefficient (Wildman–Crippen LogP) is 2.93. The molecular weight excluding hydrogens is 248 g/mol. The standard InChI is InChI=1S/C17H32N2O/c1-2-5-13-8-9-14(18)16(12-13)19-10-11-20-17-7-4-3-6-15(17)19/h13-17H,2-12,18H2,1H3. The second kappa shape index (κ2) is 6.76. The Balaban J connectivity index is 1.68. The van der Waals surface area contributed by atoms with Gasteiger partial charge in [-0.25, -0.2) is 0 Å². The highest BCUT2D eigenvalue weighted by atomic mass is 16.5. The minimum atomic E-state index is 0.392. The van der Waals surface area contributed by atoms with Crippen LogP contribution in [-0.2, 0) is 4.74 Å². The molecule has 5 atom stereocenters. The van der Waals surface area contributed by atoms with Crippen molar-refractivity contribution in [3.05, 3.63) is 0 Å². The van der Waals surface area contributed by atoms with Crippen LogP contribution in [0.3, 0.4) is 0 Å². The Hall–Kier alpha value is -0.120. The summed E-state index contributed by atoms with van der Waals surface area (Å²) in [7, 11) is 0. The van der Waals surface area contributed by atoms with Crippen molar-refractivity contribution < 1.29 is 4.74 Å². The molecule has 3 heteroatoms. The number of hydrogen-bond donors (Lipinski definition) is 1. The molecule has 1 saturated heterocycles. The van der Waals surface area contributed by atoms with E-state index >= 15 is 0 Å². The summed E-state index contributed by atoms with van der Waals surface area (Å²) in [5, 5.41) is 0. The molecule has 1 aliphatic heterocycles. The molecule has 0 spiro atoms. The molecular formula is C17H32N2O. The zero-order valence-electron chi connectivity index (χ0n) is 13.1. The quantitative estimate of drug-likeness (QED) is 0.864. The van der Waals surface area contributed by atoms with Crippen molar-refractivity contribution in [2.24, 2.45) is 11.7 Å². The molecule has 0 aromatic carbocycles. The minimum absolute atomic E-state index is 0.392. The summed E-state index contributed by atoms with van der Waals surface area (Å²) in [6.07, 6.45) is 12.4. The molecule has 20 heavy (non-hydrogen) atoms. The van der Waals surface area contributed by atoms with E-state index in [1.54, 1.807) is 0 Å². The van der Waals surface area contributed by atoms with Gasteiger partial charge in [0.25, 0.3) is 0 Å². The number of hydrogen-bond acceptors (Lipinski definition) is 3. The molecule has 3 aliphatic rings. The van der Waals surface area contributed by atoms with E-state index < -0.39 is 0 Å². The molecule has 0 aromatic heterocycles. The van der Waals surface area contributed by atoms with Gasteiger partial charge in [0.05, 0.1) is 12.7 Å². The maximum atomic E-state index is 6.51. The van der Waals surface area contributed by atoms with Crippen molar-refractivity contribution in [1.82, 2.24) is 4.90 Å². The molecule has 116 valence electrons. The third-order valence-electron chi connectivity index (χ3n) is 5.88. The smallest absolute Gasteiger partial charge is 0.0731 e. The third kappa shape index (κ3) is 3.05. The summed E-state index contributed by atoms with van der Waals surface area (Å²) >= 11 is 0. The van der Waals surface area contributed by atoms with Crippen LogP contribution in [0.15, 0.2) is 0 Å². The highest BCUT2D eigenvalue weighted by molar-refractivity contribution is 4.96. The molecule has 5 unspecified atom stereocenters. The van der Waals surface area contributed by atoms with Gasteiger partial charge in [-0.2, -0.15) is 0 Å². The number of rotatable bonds is 3. The summed E-state index contributed by atoms with van der Waals surface area (Å²) in [5.41, 5.74) is 6.51. The van der Waals surface area contributed by atoms with Gasteiger partial charge >= 0.3 is 0 Å². The Morgan fingerprint density at radius 2 is 1.95 bits per heavy atom. The summed E-state index contributed by atoms with van der Waals surface area (Å²) in [5.74, 6) is 0.912. The zero-order valence-corrected chi connectivity index (χ0v) is 13.1. The molecule has 0 aromatic rings. The van der Waals surface area contributed by atoms with Crippen molar-refractivity contribution >= 4 is 0 Å². The molecule has 3 nitrogen and oxygen atoms in total. The third-order valence-corrected chi connectivity index (χ3v) is 5.88. The fourth-order valence-electron chi connectivity index (χ4n) is 4.84. The molecule has 2 aliphatic carbocycles. The van der Waals surface area contributed by atoms with Gasteiger partial charge in [0.2, 0.25) is 0 Å². The Morgan fingerprint density at radius 3 is 2.80 bits per heavy atom. The van der Waals surface area contributed by atoms with Crippen LogP contribution < -0.4 is 5.73 Å². The Bertz CT molecular complexity index is 307. The van der Waals surface area contributed by atoms with Crippen molar-refractivity contribution in [1.29, 1.82) is 0 Å². The summed E-state index contributed by atoms with van der Waals surface area (Å²) in [4.78, 5) is 2.76. The van der Waals surface area contributed by atoms with Gasteiger partial charge in [-0.15, -0.1) is 0 Å². The van der Waals surface area contributed by atoms with Crippen molar-refractivity contribution in [3.8, 4) is 0 Å². The lowest BCUT2D eigenvalue weighted by atomic mass is 9.78. The Morgan fingerprint density at radius 1 is 1.10 bits per heavy atom. The van der Waals surface area contributed by atoms with E-state index in [4.69, 9.17) is 10.5 Å². The van der Waals surface area contributed by atoms with Crippen LogP contribution in [0.1, 0.15) is 64.7 Å². The molecule has 3 fully saturated rings. The monoisotopic (exact) mass is 280 g/mol. The molecule has 2 N–H and O–H groups in total. The fourth-order valence-corrected chi connectivity index (χ4v) is 4.84. The maximum Gasteiger partial charge on any atom is 0.0731 e. The van der Waals surface area contributed by atoms with Crippen LogP contribution >= 0.6 is 0 Å². The van der Waals surface area contributed by atoms with Gasteiger partial charge in [-0.3, -0.25) is 4.90 Å². The molecule has 3 rings (SSSR count). The average molecular weight is 280 g/mol. The van der Waals surface area contributed by atoms with Crippen LogP contribution in [0, 0.1) is 5.92 Å². The summed E-state index contributed by atoms with van der Waals surface area (Å²) < 4.78 is 6.03. The van der Waals surface area contributed by atoms with E-state index in [1.807, 2.05) is 0 Å². The number of nitrogens with zero attached hydrogens (tertiary/aromatic N) is 1. The van der Waals surface area contributed by atoms with E-state index in [-0.39, 0.29) is 0 Å². The van der Waals surface area contributed by atoms with E-state index in [0.29, 0.717) is 24.2 Å². The van der Waals surface area contributed by atoms with Gasteiger partial charge in [0.15, 0.2) is 0 Å². The van der Waals surface area contributed by atoms with E-state index in [0.717, 1.165) is 19.1 Å². The van der Waals surface area contributed by atoms with Crippen molar-refractivity contribution in [2.45, 2.75) is 88.9 Å². The normalized spacial score (nSPS) is 43.2. The van der Waals surface area contributed by atoms with Crippen LogP contribution in [-0.4, -0.2) is 42.3 Å². The second-order valence-corrected chi connectivity index (χ2v) is 7.20. The highest BCUT2D eigenvalue weighted by Gasteiger charge is 2.41. The topological polar surface area (TPSA) is 38.5 Å². The van der Waals surface area contributed by atoms with E-state index in [2.05, 4.69) is 11.8 Å². The number of nitrogens with two attached hydrogens (primary N) is 1. The van der Waals surface area contributed by atoms with E-state index in [1.165, 1.54) is 57.8 Å². The number of morpholine rings is 1. The second-order valence-electron chi connectivity index (χ2n) is 7.20. The lowest BCUT2D eigenvalue weighted by Gasteiger charge is -2.50. The first-order chi connectivity index (χ1) is 9.79. The number of ether oxygens (including phenoxy) is 1. The summed E-state index contributed by atoms with van der Waals surface area (Å²) in [6.45, 7) is 4.34. The zero-order chi connectivity index (χ0) is 13.9. The molecule has 0 bridgehead atoms. The SMILES string of the molecule is CCCC1CCC(N)C(N2CCOC3CCCCC32)C1. The van der Waals surface area contributed by atoms with Gasteiger partial charge in [-0.1, -0.05) is 32.6 Å². The first-order valence-electron chi connectivity index (χ1n) is 8.92. The van der Waals surface area contributed by atoms with Crippen LogP contribution in [0.2, 0.25) is 0 Å². The lowest BCUT2D eigenvalue weighted by Crippen LogP contribution is -2.61. The molecule has 2 saturated carbocycles.